The van der Waals surface area contributed by atoms with Crippen LogP contribution in [0.4, 0.5) is 4.79 Å². The van der Waals surface area contributed by atoms with Crippen LogP contribution in [0.25, 0.3) is 0 Å². The zero-order valence-electron chi connectivity index (χ0n) is 32.2. The number of benzene rings is 2. The molecule has 3 rings (SSSR count). The normalized spacial score (nSPS) is 17.5. The van der Waals surface area contributed by atoms with Crippen LogP contribution in [0.2, 0.25) is 0 Å². The number of carbonyl (C=O) groups excluding carboxylic acids is 3. The maximum atomic E-state index is 13.8. The summed E-state index contributed by atoms with van der Waals surface area (Å²) in [6.07, 6.45) is -2.10. The van der Waals surface area contributed by atoms with E-state index in [1.54, 1.807) is 0 Å². The second-order valence-corrected chi connectivity index (χ2v) is 18.5. The lowest BCUT2D eigenvalue weighted by Crippen LogP contribution is -2.65. The monoisotopic (exact) mass is 680 g/mol. The molecule has 1 aliphatic rings. The lowest BCUT2D eigenvalue weighted by atomic mass is 9.78. The van der Waals surface area contributed by atoms with Gasteiger partial charge in [0.25, 0.3) is 0 Å². The SMILES string of the molecule is CC1(C)C(=O)N(CC(O)Cc2cc(C(C)(C)C)c(O)c(C(C)(C)C)c2)C(=O)N(CC(O)Cc2cc(C(C)(C)C)c(O)c(C(C)(C)C)c2)C1=O. The molecule has 0 spiro atoms. The first kappa shape index (κ1) is 40.0. The van der Waals surface area contributed by atoms with Gasteiger partial charge in [0.15, 0.2) is 0 Å². The molecular weight excluding hydrogens is 620 g/mol. The number of carbonyl (C=O) groups is 3. The highest BCUT2D eigenvalue weighted by Gasteiger charge is 2.52. The molecule has 0 aliphatic carbocycles. The molecule has 1 fully saturated rings. The second kappa shape index (κ2) is 13.4. The van der Waals surface area contributed by atoms with Crippen LogP contribution in [-0.2, 0) is 44.1 Å². The first-order valence-corrected chi connectivity index (χ1v) is 17.3. The number of aromatic hydroxyl groups is 2. The van der Waals surface area contributed by atoms with Gasteiger partial charge in [-0.3, -0.25) is 19.4 Å². The molecule has 1 heterocycles. The van der Waals surface area contributed by atoms with Gasteiger partial charge in [-0.25, -0.2) is 4.79 Å². The van der Waals surface area contributed by atoms with E-state index in [-0.39, 0.29) is 59.1 Å². The smallest absolute Gasteiger partial charge is 0.333 e. The molecule has 0 saturated carbocycles. The number of phenols is 2. The van der Waals surface area contributed by atoms with Gasteiger partial charge in [0.2, 0.25) is 11.8 Å². The molecular formula is C40H60N2O7. The van der Waals surface area contributed by atoms with Gasteiger partial charge in [0.1, 0.15) is 16.9 Å². The lowest BCUT2D eigenvalue weighted by Gasteiger charge is -2.42. The first-order chi connectivity index (χ1) is 22.0. The van der Waals surface area contributed by atoms with Crippen molar-refractivity contribution < 1.29 is 34.8 Å². The molecule has 2 unspecified atom stereocenters. The van der Waals surface area contributed by atoms with Crippen molar-refractivity contribution >= 4 is 17.8 Å². The Morgan fingerprint density at radius 1 is 0.551 bits per heavy atom. The first-order valence-electron chi connectivity index (χ1n) is 17.3. The van der Waals surface area contributed by atoms with Crippen LogP contribution in [-0.4, -0.2) is 73.4 Å². The van der Waals surface area contributed by atoms with E-state index in [4.69, 9.17) is 0 Å². The minimum Gasteiger partial charge on any atom is -0.507 e. The maximum Gasteiger partial charge on any atom is 0.333 e. The third-order valence-corrected chi connectivity index (χ3v) is 9.32. The Bertz CT molecular complexity index is 1410. The number of phenolic OH excluding ortho intramolecular Hbond substituents is 2. The fourth-order valence-electron chi connectivity index (χ4n) is 6.41. The summed E-state index contributed by atoms with van der Waals surface area (Å²) in [5.74, 6) is -1.00. The molecule has 1 saturated heterocycles. The number of urea groups is 1. The molecule has 9 heteroatoms. The number of aliphatic hydroxyl groups is 2. The zero-order chi connectivity index (χ0) is 37.8. The fraction of sp³-hybridized carbons (Fsp3) is 0.625. The predicted molar refractivity (Wildman–Crippen MR) is 193 cm³/mol. The summed E-state index contributed by atoms with van der Waals surface area (Å²) in [5, 5.41) is 44.8. The number of hydrogen-bond acceptors (Lipinski definition) is 7. The van der Waals surface area contributed by atoms with E-state index in [1.165, 1.54) is 13.8 Å². The molecule has 1 aliphatic heterocycles. The Hall–Kier alpha value is -3.43. The van der Waals surface area contributed by atoms with Crippen molar-refractivity contribution in [3.05, 3.63) is 57.6 Å². The summed E-state index contributed by atoms with van der Waals surface area (Å²) >= 11 is 0. The van der Waals surface area contributed by atoms with Gasteiger partial charge < -0.3 is 20.4 Å². The average Bonchev–Trinajstić information content (AvgIpc) is 2.92. The summed E-state index contributed by atoms with van der Waals surface area (Å²) in [4.78, 5) is 42.6. The van der Waals surface area contributed by atoms with Crippen molar-refractivity contribution in [2.75, 3.05) is 13.1 Å². The molecule has 2 aromatic rings. The highest BCUT2D eigenvalue weighted by Crippen LogP contribution is 2.41. The maximum absolute atomic E-state index is 13.8. The van der Waals surface area contributed by atoms with Crippen LogP contribution in [0.15, 0.2) is 24.3 Å². The molecule has 49 heavy (non-hydrogen) atoms. The van der Waals surface area contributed by atoms with Gasteiger partial charge in [0.05, 0.1) is 25.3 Å². The number of barbiturate groups is 1. The molecule has 0 aromatic heterocycles. The summed E-state index contributed by atoms with van der Waals surface area (Å²) in [6, 6.07) is 6.51. The molecule has 9 nitrogen and oxygen atoms in total. The number of nitrogens with zero attached hydrogens (tertiary/aromatic N) is 2. The van der Waals surface area contributed by atoms with Crippen LogP contribution < -0.4 is 0 Å². The van der Waals surface area contributed by atoms with Crippen LogP contribution in [0.3, 0.4) is 0 Å². The largest absolute Gasteiger partial charge is 0.507 e. The van der Waals surface area contributed by atoms with Crippen molar-refractivity contribution in [2.45, 2.75) is 144 Å². The molecule has 0 bridgehead atoms. The Kier molecular flexibility index (Phi) is 10.9. The van der Waals surface area contributed by atoms with Gasteiger partial charge in [-0.15, -0.1) is 0 Å². The number of hydrogen-bond donors (Lipinski definition) is 4. The van der Waals surface area contributed by atoms with Crippen molar-refractivity contribution in [2.24, 2.45) is 5.41 Å². The highest BCUT2D eigenvalue weighted by molar-refractivity contribution is 6.18. The minimum atomic E-state index is -1.60. The van der Waals surface area contributed by atoms with Crippen molar-refractivity contribution in [1.29, 1.82) is 0 Å². The lowest BCUT2D eigenvalue weighted by molar-refractivity contribution is -0.158. The third kappa shape index (κ3) is 8.66. The van der Waals surface area contributed by atoms with E-state index in [0.29, 0.717) is 0 Å². The summed E-state index contributed by atoms with van der Waals surface area (Å²) in [5.41, 5.74) is 1.33. The number of imide groups is 2. The average molecular weight is 681 g/mol. The Labute approximate surface area is 293 Å². The zero-order valence-corrected chi connectivity index (χ0v) is 32.2. The van der Waals surface area contributed by atoms with Crippen LogP contribution in [0.1, 0.15) is 130 Å². The van der Waals surface area contributed by atoms with Gasteiger partial charge in [-0.1, -0.05) is 107 Å². The minimum absolute atomic E-state index is 0.105. The molecule has 2 atom stereocenters. The van der Waals surface area contributed by atoms with E-state index in [2.05, 4.69) is 0 Å². The van der Waals surface area contributed by atoms with Crippen LogP contribution in [0, 0.1) is 5.41 Å². The van der Waals surface area contributed by atoms with Gasteiger partial charge in [-0.05, 0) is 68.9 Å². The van der Waals surface area contributed by atoms with E-state index in [9.17, 15) is 34.8 Å². The third-order valence-electron chi connectivity index (χ3n) is 9.32. The quantitative estimate of drug-likeness (QED) is 0.230. The molecule has 4 amide bonds. The van der Waals surface area contributed by atoms with E-state index in [0.717, 1.165) is 43.2 Å². The van der Waals surface area contributed by atoms with E-state index < -0.39 is 35.5 Å². The number of β-amino-alcohol motifs (C(OH)–C–C–N with tert-alkyl or cyclic N) is 2. The topological polar surface area (TPSA) is 139 Å². The number of rotatable bonds is 8. The van der Waals surface area contributed by atoms with Crippen LogP contribution in [0.5, 0.6) is 11.5 Å². The second-order valence-electron chi connectivity index (χ2n) is 18.5. The van der Waals surface area contributed by atoms with Gasteiger partial charge >= 0.3 is 6.03 Å². The number of amides is 4. The van der Waals surface area contributed by atoms with Crippen LogP contribution >= 0.6 is 0 Å². The Balaban J connectivity index is 1.90. The van der Waals surface area contributed by atoms with Gasteiger partial charge in [-0.2, -0.15) is 0 Å². The van der Waals surface area contributed by atoms with E-state index in [1.807, 2.05) is 107 Å². The molecule has 0 radical (unpaired) electrons. The summed E-state index contributed by atoms with van der Waals surface area (Å²) in [6.45, 7) is 26.2. The van der Waals surface area contributed by atoms with Crippen molar-refractivity contribution in [3.8, 4) is 11.5 Å². The van der Waals surface area contributed by atoms with E-state index >= 15 is 0 Å². The fourth-order valence-corrected chi connectivity index (χ4v) is 6.41. The highest BCUT2D eigenvalue weighted by atomic mass is 16.3. The molecule has 272 valence electrons. The summed E-state index contributed by atoms with van der Waals surface area (Å²) < 4.78 is 0. The Morgan fingerprint density at radius 3 is 1.02 bits per heavy atom. The Morgan fingerprint density at radius 2 is 0.796 bits per heavy atom. The summed E-state index contributed by atoms with van der Waals surface area (Å²) in [7, 11) is 0. The number of aliphatic hydroxyl groups excluding tert-OH is 2. The standard InChI is InChI=1S/C40H60N2O7/c1-36(2,3)27-17-23(18-28(31(27)45)37(4,5)6)15-25(43)21-41-33(47)40(13,14)34(48)42(35(41)49)22-26(44)16-24-19-29(38(7,8)9)32(46)30(20-24)39(10,11)12/h17-20,25-26,43-46H,15-16,21-22H2,1-14H3. The molecule has 4 N–H and O–H groups in total. The van der Waals surface area contributed by atoms with Crippen molar-refractivity contribution in [1.82, 2.24) is 9.80 Å². The van der Waals surface area contributed by atoms with Crippen molar-refractivity contribution in [3.63, 3.8) is 0 Å². The molecule has 2 aromatic carbocycles. The van der Waals surface area contributed by atoms with Gasteiger partial charge in [0, 0.05) is 12.8 Å². The predicted octanol–water partition coefficient (Wildman–Crippen LogP) is 6.61.